The van der Waals surface area contributed by atoms with Crippen molar-refractivity contribution in [2.45, 2.75) is 46.6 Å². The molecule has 2 amide bonds. The third-order valence-electron chi connectivity index (χ3n) is 4.70. The van der Waals surface area contributed by atoms with Crippen LogP contribution in [0.25, 0.3) is 0 Å². The van der Waals surface area contributed by atoms with E-state index in [2.05, 4.69) is 10.3 Å². The summed E-state index contributed by atoms with van der Waals surface area (Å²) in [6.07, 6.45) is 4.22. The highest BCUT2D eigenvalue weighted by molar-refractivity contribution is 5.82. The quantitative estimate of drug-likeness (QED) is 0.822. The SMILES string of the molecule is CCOc1cc(CNC(=O)[C@H]2CCCN(C(=O)[C@@H](C)CC)C2)ccn1. The Morgan fingerprint density at radius 2 is 2.24 bits per heavy atom. The molecule has 1 aliphatic heterocycles. The molecule has 1 fully saturated rings. The Bertz CT molecular complexity index is 591. The largest absolute Gasteiger partial charge is 0.478 e. The topological polar surface area (TPSA) is 71.5 Å². The van der Waals surface area contributed by atoms with Crippen LogP contribution in [0.2, 0.25) is 0 Å². The summed E-state index contributed by atoms with van der Waals surface area (Å²) in [5.41, 5.74) is 0.954. The molecule has 2 rings (SSSR count). The van der Waals surface area contributed by atoms with Crippen LogP contribution in [0.1, 0.15) is 45.6 Å². The first-order valence-electron chi connectivity index (χ1n) is 9.19. The van der Waals surface area contributed by atoms with Crippen molar-refractivity contribution in [2.24, 2.45) is 11.8 Å². The Hall–Kier alpha value is -2.11. The first kappa shape index (κ1) is 19.2. The number of carbonyl (C=O) groups is 2. The summed E-state index contributed by atoms with van der Waals surface area (Å²) < 4.78 is 5.38. The summed E-state index contributed by atoms with van der Waals surface area (Å²) in [7, 11) is 0. The van der Waals surface area contributed by atoms with Crippen molar-refractivity contribution >= 4 is 11.8 Å². The predicted molar refractivity (Wildman–Crippen MR) is 96.0 cm³/mol. The molecule has 0 unspecified atom stereocenters. The lowest BCUT2D eigenvalue weighted by atomic mass is 9.95. The fraction of sp³-hybridized carbons (Fsp3) is 0.632. The number of likely N-dealkylation sites (tertiary alicyclic amines) is 1. The molecule has 6 nitrogen and oxygen atoms in total. The Kier molecular flexibility index (Phi) is 7.22. The molecule has 1 saturated heterocycles. The smallest absolute Gasteiger partial charge is 0.225 e. The van der Waals surface area contributed by atoms with Crippen LogP contribution in [0.5, 0.6) is 5.88 Å². The van der Waals surface area contributed by atoms with E-state index >= 15 is 0 Å². The normalized spacial score (nSPS) is 18.5. The monoisotopic (exact) mass is 347 g/mol. The molecule has 0 radical (unpaired) electrons. The van der Waals surface area contributed by atoms with Crippen molar-refractivity contribution in [1.29, 1.82) is 0 Å². The predicted octanol–water partition coefficient (Wildman–Crippen LogP) is 2.38. The van der Waals surface area contributed by atoms with Crippen LogP contribution < -0.4 is 10.1 Å². The van der Waals surface area contributed by atoms with Crippen molar-refractivity contribution in [3.05, 3.63) is 23.9 Å². The molecule has 0 aromatic carbocycles. The molecule has 1 aromatic heterocycles. The van der Waals surface area contributed by atoms with Crippen LogP contribution >= 0.6 is 0 Å². The number of pyridine rings is 1. The van der Waals surface area contributed by atoms with Gasteiger partial charge in [0.1, 0.15) is 0 Å². The number of carbonyl (C=O) groups excluding carboxylic acids is 2. The molecule has 25 heavy (non-hydrogen) atoms. The van der Waals surface area contributed by atoms with E-state index in [0.29, 0.717) is 25.6 Å². The van der Waals surface area contributed by atoms with Gasteiger partial charge in [-0.05, 0) is 37.8 Å². The van der Waals surface area contributed by atoms with Gasteiger partial charge in [0, 0.05) is 37.8 Å². The van der Waals surface area contributed by atoms with Crippen LogP contribution in [0.15, 0.2) is 18.3 Å². The fourth-order valence-corrected chi connectivity index (χ4v) is 3.00. The lowest BCUT2D eigenvalue weighted by molar-refractivity contribution is -0.139. The molecule has 2 heterocycles. The summed E-state index contributed by atoms with van der Waals surface area (Å²) in [6.45, 7) is 8.16. The van der Waals surface area contributed by atoms with E-state index in [4.69, 9.17) is 4.74 Å². The number of ether oxygens (including phenoxy) is 1. The first-order chi connectivity index (χ1) is 12.0. The van der Waals surface area contributed by atoms with Crippen molar-refractivity contribution in [1.82, 2.24) is 15.2 Å². The molecule has 1 N–H and O–H groups in total. The summed E-state index contributed by atoms with van der Waals surface area (Å²) in [6, 6.07) is 3.70. The van der Waals surface area contributed by atoms with E-state index in [1.807, 2.05) is 37.8 Å². The van der Waals surface area contributed by atoms with Gasteiger partial charge in [-0.3, -0.25) is 9.59 Å². The highest BCUT2D eigenvalue weighted by Crippen LogP contribution is 2.20. The number of aromatic nitrogens is 1. The number of nitrogens with one attached hydrogen (secondary N) is 1. The second kappa shape index (κ2) is 9.39. The van der Waals surface area contributed by atoms with E-state index in [-0.39, 0.29) is 23.7 Å². The van der Waals surface area contributed by atoms with Crippen molar-refractivity contribution in [3.63, 3.8) is 0 Å². The van der Waals surface area contributed by atoms with Gasteiger partial charge in [0.15, 0.2) is 0 Å². The van der Waals surface area contributed by atoms with Crippen LogP contribution in [0.3, 0.4) is 0 Å². The van der Waals surface area contributed by atoms with Gasteiger partial charge in [-0.25, -0.2) is 4.98 Å². The summed E-state index contributed by atoms with van der Waals surface area (Å²) in [5, 5.41) is 2.98. The number of hydrogen-bond acceptors (Lipinski definition) is 4. The highest BCUT2D eigenvalue weighted by Gasteiger charge is 2.29. The van der Waals surface area contributed by atoms with E-state index in [1.54, 1.807) is 6.20 Å². The zero-order chi connectivity index (χ0) is 18.2. The fourth-order valence-electron chi connectivity index (χ4n) is 3.00. The van der Waals surface area contributed by atoms with Crippen LogP contribution in [0, 0.1) is 11.8 Å². The number of rotatable bonds is 7. The molecule has 138 valence electrons. The molecular weight excluding hydrogens is 318 g/mol. The van der Waals surface area contributed by atoms with Gasteiger partial charge < -0.3 is 15.0 Å². The van der Waals surface area contributed by atoms with E-state index in [0.717, 1.165) is 31.4 Å². The minimum absolute atomic E-state index is 0.0106. The van der Waals surface area contributed by atoms with Crippen molar-refractivity contribution < 1.29 is 14.3 Å². The molecule has 1 aliphatic rings. The number of piperidine rings is 1. The zero-order valence-corrected chi connectivity index (χ0v) is 15.5. The highest BCUT2D eigenvalue weighted by atomic mass is 16.5. The summed E-state index contributed by atoms with van der Waals surface area (Å²) in [4.78, 5) is 30.8. The summed E-state index contributed by atoms with van der Waals surface area (Å²) >= 11 is 0. The molecule has 6 heteroatoms. The Labute approximate surface area is 150 Å². The third kappa shape index (κ3) is 5.44. The van der Waals surface area contributed by atoms with E-state index in [1.165, 1.54) is 0 Å². The lowest BCUT2D eigenvalue weighted by Gasteiger charge is -2.33. The minimum Gasteiger partial charge on any atom is -0.478 e. The maximum atomic E-state index is 12.5. The molecule has 2 atom stereocenters. The van der Waals surface area contributed by atoms with Gasteiger partial charge >= 0.3 is 0 Å². The standard InChI is InChI=1S/C19H29N3O3/c1-4-14(3)19(24)22-10-6-7-16(13-22)18(23)21-12-15-8-9-20-17(11-15)25-5-2/h8-9,11,14,16H,4-7,10,12-13H2,1-3H3,(H,21,23)/t14-,16-/m0/s1. The van der Waals surface area contributed by atoms with Crippen molar-refractivity contribution in [2.75, 3.05) is 19.7 Å². The maximum absolute atomic E-state index is 12.5. The second-order valence-electron chi connectivity index (χ2n) is 6.59. The average molecular weight is 347 g/mol. The number of hydrogen-bond donors (Lipinski definition) is 1. The van der Waals surface area contributed by atoms with E-state index in [9.17, 15) is 9.59 Å². The van der Waals surface area contributed by atoms with Crippen LogP contribution in [0.4, 0.5) is 0 Å². The summed E-state index contributed by atoms with van der Waals surface area (Å²) in [5.74, 6) is 0.634. The molecule has 0 aliphatic carbocycles. The molecule has 0 bridgehead atoms. The average Bonchev–Trinajstić information content (AvgIpc) is 2.65. The first-order valence-corrected chi connectivity index (χ1v) is 9.19. The molecule has 1 aromatic rings. The maximum Gasteiger partial charge on any atom is 0.225 e. The Balaban J connectivity index is 1.88. The van der Waals surface area contributed by atoms with E-state index < -0.39 is 0 Å². The molecule has 0 saturated carbocycles. The minimum atomic E-state index is -0.130. The Morgan fingerprint density at radius 3 is 2.96 bits per heavy atom. The number of amides is 2. The van der Waals surface area contributed by atoms with Crippen LogP contribution in [-0.2, 0) is 16.1 Å². The second-order valence-corrected chi connectivity index (χ2v) is 6.59. The zero-order valence-electron chi connectivity index (χ0n) is 15.5. The van der Waals surface area contributed by atoms with Gasteiger partial charge in [0.05, 0.1) is 12.5 Å². The van der Waals surface area contributed by atoms with Crippen molar-refractivity contribution in [3.8, 4) is 5.88 Å². The Morgan fingerprint density at radius 1 is 1.44 bits per heavy atom. The van der Waals surface area contributed by atoms with Gasteiger partial charge in [-0.15, -0.1) is 0 Å². The number of nitrogens with zero attached hydrogens (tertiary/aromatic N) is 2. The van der Waals surface area contributed by atoms with Gasteiger partial charge in [0.2, 0.25) is 17.7 Å². The molecule has 0 spiro atoms. The third-order valence-corrected chi connectivity index (χ3v) is 4.70. The lowest BCUT2D eigenvalue weighted by Crippen LogP contribution is -2.46. The molecular formula is C19H29N3O3. The van der Waals surface area contributed by atoms with Crippen LogP contribution in [-0.4, -0.2) is 41.4 Å². The van der Waals surface area contributed by atoms with Gasteiger partial charge in [-0.1, -0.05) is 13.8 Å². The van der Waals surface area contributed by atoms with Gasteiger partial charge in [0.25, 0.3) is 0 Å². The van der Waals surface area contributed by atoms with Gasteiger partial charge in [-0.2, -0.15) is 0 Å².